The average molecular weight is 114 g/mol. The van der Waals surface area contributed by atoms with Crippen LogP contribution in [0.3, 0.4) is 0 Å². The summed E-state index contributed by atoms with van der Waals surface area (Å²) in [4.78, 5) is 0. The van der Waals surface area contributed by atoms with Gasteiger partial charge < -0.3 is 0 Å². The minimum Gasteiger partial charge on any atom is -0.157 e. The molecule has 0 aromatic heterocycles. The molecule has 0 saturated heterocycles. The van der Waals surface area contributed by atoms with Crippen LogP contribution in [0.2, 0.25) is 0 Å². The summed E-state index contributed by atoms with van der Waals surface area (Å²) < 4.78 is 0. The molecule has 1 atom stereocenters. The Hall–Kier alpha value is 0.0900. The molecule has 0 saturated carbocycles. The van der Waals surface area contributed by atoms with Gasteiger partial charge in [-0.25, -0.2) is 0 Å². The lowest BCUT2D eigenvalue weighted by Gasteiger charge is -2.08. The molecule has 1 unspecified atom stereocenters. The Morgan fingerprint density at radius 2 is 2.57 bits per heavy atom. The third kappa shape index (κ3) is 1.56. The second-order valence-corrected chi connectivity index (χ2v) is 3.02. The largest absolute Gasteiger partial charge is 0.157 e. The van der Waals surface area contributed by atoms with Crippen LogP contribution in [-0.2, 0) is 0 Å². The van der Waals surface area contributed by atoms with Crippen LogP contribution in [0.15, 0.2) is 12.2 Å². The fourth-order valence-corrected chi connectivity index (χ4v) is 1.53. The maximum Gasteiger partial charge on any atom is 0.0113 e. The zero-order valence-electron chi connectivity index (χ0n) is 4.55. The standard InChI is InChI=1S/C6H10S/c1-6-3-2-4-7-5-6/h2-3,6H,4-5H2,1H3. The van der Waals surface area contributed by atoms with Gasteiger partial charge in [0.1, 0.15) is 0 Å². The summed E-state index contributed by atoms with van der Waals surface area (Å²) in [5.74, 6) is 3.36. The van der Waals surface area contributed by atoms with Gasteiger partial charge in [0.2, 0.25) is 0 Å². The summed E-state index contributed by atoms with van der Waals surface area (Å²) in [6.45, 7) is 2.25. The SMILES string of the molecule is CC1C=CCSC1. The summed E-state index contributed by atoms with van der Waals surface area (Å²) in [6.07, 6.45) is 4.54. The highest BCUT2D eigenvalue weighted by Gasteiger charge is 1.99. The lowest BCUT2D eigenvalue weighted by Crippen LogP contribution is -1.98. The Kier molecular flexibility index (Phi) is 1.80. The van der Waals surface area contributed by atoms with Crippen molar-refractivity contribution < 1.29 is 0 Å². The first-order valence-corrected chi connectivity index (χ1v) is 3.79. The zero-order valence-corrected chi connectivity index (χ0v) is 5.37. The van der Waals surface area contributed by atoms with Crippen molar-refractivity contribution in [3.05, 3.63) is 12.2 Å². The van der Waals surface area contributed by atoms with Crippen LogP contribution < -0.4 is 0 Å². The van der Waals surface area contributed by atoms with Gasteiger partial charge in [-0.15, -0.1) is 0 Å². The van der Waals surface area contributed by atoms with E-state index < -0.39 is 0 Å². The van der Waals surface area contributed by atoms with Gasteiger partial charge in [-0.2, -0.15) is 11.8 Å². The molecule has 0 amide bonds. The van der Waals surface area contributed by atoms with E-state index in [-0.39, 0.29) is 0 Å². The molecule has 0 radical (unpaired) electrons. The second-order valence-electron chi connectivity index (χ2n) is 1.94. The fourth-order valence-electron chi connectivity index (χ4n) is 0.665. The zero-order chi connectivity index (χ0) is 5.11. The first-order chi connectivity index (χ1) is 3.39. The maximum absolute atomic E-state index is 2.29. The predicted molar refractivity (Wildman–Crippen MR) is 35.6 cm³/mol. The van der Waals surface area contributed by atoms with E-state index in [4.69, 9.17) is 0 Å². The maximum atomic E-state index is 2.29. The topological polar surface area (TPSA) is 0 Å². The van der Waals surface area contributed by atoms with Gasteiger partial charge in [-0.05, 0) is 11.7 Å². The van der Waals surface area contributed by atoms with E-state index in [1.54, 1.807) is 0 Å². The van der Waals surface area contributed by atoms with Crippen LogP contribution in [0.5, 0.6) is 0 Å². The summed E-state index contributed by atoms with van der Waals surface area (Å²) in [5, 5.41) is 0. The normalized spacial score (nSPS) is 30.7. The van der Waals surface area contributed by atoms with Crippen LogP contribution in [0.25, 0.3) is 0 Å². The molecule has 7 heavy (non-hydrogen) atoms. The van der Waals surface area contributed by atoms with Crippen LogP contribution in [0, 0.1) is 5.92 Å². The molecular weight excluding hydrogens is 104 g/mol. The van der Waals surface area contributed by atoms with Crippen molar-refractivity contribution in [1.82, 2.24) is 0 Å². The molecule has 1 heterocycles. The van der Waals surface area contributed by atoms with Crippen molar-refractivity contribution >= 4 is 11.8 Å². The Morgan fingerprint density at radius 1 is 1.71 bits per heavy atom. The molecule has 1 heteroatoms. The number of rotatable bonds is 0. The summed E-state index contributed by atoms with van der Waals surface area (Å²) in [5.41, 5.74) is 0. The number of hydrogen-bond acceptors (Lipinski definition) is 1. The lowest BCUT2D eigenvalue weighted by atomic mass is 10.2. The van der Waals surface area contributed by atoms with Crippen LogP contribution in [-0.4, -0.2) is 11.5 Å². The molecule has 1 rings (SSSR count). The average Bonchev–Trinajstić information content (AvgIpc) is 1.69. The molecular formula is C6H10S. The third-order valence-electron chi connectivity index (χ3n) is 1.06. The van der Waals surface area contributed by atoms with E-state index in [1.165, 1.54) is 11.5 Å². The molecule has 40 valence electrons. The minimum atomic E-state index is 0.818. The van der Waals surface area contributed by atoms with Gasteiger partial charge in [0.05, 0.1) is 0 Å². The van der Waals surface area contributed by atoms with Crippen molar-refractivity contribution in [2.75, 3.05) is 11.5 Å². The van der Waals surface area contributed by atoms with E-state index in [0.29, 0.717) is 0 Å². The van der Waals surface area contributed by atoms with Crippen molar-refractivity contribution in [1.29, 1.82) is 0 Å². The third-order valence-corrected chi connectivity index (χ3v) is 2.25. The number of allylic oxidation sites excluding steroid dienone is 1. The highest BCUT2D eigenvalue weighted by Crippen LogP contribution is 2.14. The van der Waals surface area contributed by atoms with Gasteiger partial charge in [0.25, 0.3) is 0 Å². The molecule has 1 aliphatic rings. The van der Waals surface area contributed by atoms with E-state index in [0.717, 1.165) is 5.92 Å². The molecule has 0 nitrogen and oxygen atoms in total. The summed E-state index contributed by atoms with van der Waals surface area (Å²) in [7, 11) is 0. The van der Waals surface area contributed by atoms with Crippen molar-refractivity contribution in [2.45, 2.75) is 6.92 Å². The smallest absolute Gasteiger partial charge is 0.0113 e. The molecule has 0 spiro atoms. The fraction of sp³-hybridized carbons (Fsp3) is 0.667. The quantitative estimate of drug-likeness (QED) is 0.434. The van der Waals surface area contributed by atoms with Gasteiger partial charge in [0.15, 0.2) is 0 Å². The highest BCUT2D eigenvalue weighted by atomic mass is 32.2. The van der Waals surface area contributed by atoms with E-state index in [1.807, 2.05) is 11.8 Å². The molecule has 0 aromatic carbocycles. The van der Waals surface area contributed by atoms with Gasteiger partial charge in [-0.3, -0.25) is 0 Å². The molecule has 0 bridgehead atoms. The molecule has 0 N–H and O–H groups in total. The lowest BCUT2D eigenvalue weighted by molar-refractivity contribution is 0.839. The van der Waals surface area contributed by atoms with E-state index in [2.05, 4.69) is 19.1 Å². The molecule has 0 aromatic rings. The Balaban J connectivity index is 2.36. The second kappa shape index (κ2) is 2.41. The summed E-state index contributed by atoms with van der Waals surface area (Å²) in [6, 6.07) is 0. The molecule has 0 aliphatic carbocycles. The van der Waals surface area contributed by atoms with E-state index in [9.17, 15) is 0 Å². The van der Waals surface area contributed by atoms with E-state index >= 15 is 0 Å². The van der Waals surface area contributed by atoms with Crippen LogP contribution in [0.1, 0.15) is 6.92 Å². The number of hydrogen-bond donors (Lipinski definition) is 0. The van der Waals surface area contributed by atoms with Crippen molar-refractivity contribution in [3.8, 4) is 0 Å². The monoisotopic (exact) mass is 114 g/mol. The molecule has 0 fully saturated rings. The number of thioether (sulfide) groups is 1. The van der Waals surface area contributed by atoms with Crippen LogP contribution >= 0.6 is 11.8 Å². The first-order valence-electron chi connectivity index (χ1n) is 2.64. The Labute approximate surface area is 49.0 Å². The van der Waals surface area contributed by atoms with Gasteiger partial charge >= 0.3 is 0 Å². The summed E-state index contributed by atoms with van der Waals surface area (Å²) >= 11 is 2.02. The van der Waals surface area contributed by atoms with Crippen LogP contribution in [0.4, 0.5) is 0 Å². The minimum absolute atomic E-state index is 0.818. The van der Waals surface area contributed by atoms with Gasteiger partial charge in [-0.1, -0.05) is 19.1 Å². The Morgan fingerprint density at radius 3 is 2.86 bits per heavy atom. The van der Waals surface area contributed by atoms with Crippen molar-refractivity contribution in [2.24, 2.45) is 5.92 Å². The van der Waals surface area contributed by atoms with Crippen molar-refractivity contribution in [3.63, 3.8) is 0 Å². The van der Waals surface area contributed by atoms with Gasteiger partial charge in [0, 0.05) is 5.75 Å². The predicted octanol–water partition coefficient (Wildman–Crippen LogP) is 1.93. The molecule has 1 aliphatic heterocycles. The first kappa shape index (κ1) is 5.23. The Bertz CT molecular complexity index is 76.2. The highest BCUT2D eigenvalue weighted by molar-refractivity contribution is 7.99.